The van der Waals surface area contributed by atoms with Crippen LogP contribution in [0.15, 0.2) is 12.4 Å². The number of carboxylic acid groups (broad SMARTS) is 1. The summed E-state index contributed by atoms with van der Waals surface area (Å²) in [7, 11) is 0. The highest BCUT2D eigenvalue weighted by Gasteiger charge is 2.28. The number of anilines is 1. The minimum atomic E-state index is -1.09. The van der Waals surface area contributed by atoms with Gasteiger partial charge in [-0.2, -0.15) is 0 Å². The van der Waals surface area contributed by atoms with Crippen molar-refractivity contribution in [2.24, 2.45) is 0 Å². The lowest BCUT2D eigenvalue weighted by atomic mass is 10.3. The molecule has 0 aromatic carbocycles. The van der Waals surface area contributed by atoms with Gasteiger partial charge in [-0.05, 0) is 19.3 Å². The van der Waals surface area contributed by atoms with Crippen LogP contribution in [0.3, 0.4) is 0 Å². The zero-order valence-electron chi connectivity index (χ0n) is 11.5. The van der Waals surface area contributed by atoms with E-state index < -0.39 is 5.97 Å². The van der Waals surface area contributed by atoms with E-state index in [1.807, 2.05) is 4.90 Å². The van der Waals surface area contributed by atoms with Crippen molar-refractivity contribution >= 4 is 17.8 Å². The fraction of sp³-hybridized carbons (Fsp3) is 0.538. The Morgan fingerprint density at radius 1 is 1.14 bits per heavy atom. The largest absolute Gasteiger partial charge is 0.476 e. The molecule has 112 valence electrons. The van der Waals surface area contributed by atoms with Crippen LogP contribution < -0.4 is 15.5 Å². The second-order valence-corrected chi connectivity index (χ2v) is 5.39. The van der Waals surface area contributed by atoms with Crippen LogP contribution in [0.1, 0.15) is 29.8 Å². The third-order valence-corrected chi connectivity index (χ3v) is 3.62. The lowest BCUT2D eigenvalue weighted by Crippen LogP contribution is -2.44. The van der Waals surface area contributed by atoms with Gasteiger partial charge in [0.05, 0.1) is 12.4 Å². The molecule has 0 bridgehead atoms. The summed E-state index contributed by atoms with van der Waals surface area (Å²) in [5.41, 5.74) is -0.0727. The van der Waals surface area contributed by atoms with E-state index >= 15 is 0 Å². The van der Waals surface area contributed by atoms with Gasteiger partial charge in [0.1, 0.15) is 5.82 Å². The van der Waals surface area contributed by atoms with E-state index in [0.29, 0.717) is 18.4 Å². The summed E-state index contributed by atoms with van der Waals surface area (Å²) >= 11 is 0. The summed E-state index contributed by atoms with van der Waals surface area (Å²) in [6.07, 6.45) is 5.67. The molecule has 3 N–H and O–H groups in total. The molecule has 0 spiro atoms. The van der Waals surface area contributed by atoms with Crippen LogP contribution in [0.25, 0.3) is 0 Å². The Morgan fingerprint density at radius 3 is 2.52 bits per heavy atom. The van der Waals surface area contributed by atoms with Gasteiger partial charge in [-0.15, -0.1) is 0 Å². The van der Waals surface area contributed by atoms with E-state index in [2.05, 4.69) is 20.6 Å². The number of nitrogens with zero attached hydrogens (tertiary/aromatic N) is 3. The Labute approximate surface area is 121 Å². The maximum atomic E-state index is 11.7. The summed E-state index contributed by atoms with van der Waals surface area (Å²) in [5, 5.41) is 14.6. The lowest BCUT2D eigenvalue weighted by Gasteiger charge is -2.17. The van der Waals surface area contributed by atoms with E-state index in [1.165, 1.54) is 12.4 Å². The van der Waals surface area contributed by atoms with Gasteiger partial charge < -0.3 is 20.6 Å². The highest BCUT2D eigenvalue weighted by molar-refractivity contribution is 5.84. The monoisotopic (exact) mass is 291 g/mol. The second kappa shape index (κ2) is 5.55. The van der Waals surface area contributed by atoms with Crippen molar-refractivity contribution < 1.29 is 14.7 Å². The smallest absolute Gasteiger partial charge is 0.356 e. The minimum Gasteiger partial charge on any atom is -0.476 e. The van der Waals surface area contributed by atoms with Crippen molar-refractivity contribution in [3.63, 3.8) is 0 Å². The molecule has 1 atom stereocenters. The number of rotatable bonds is 4. The van der Waals surface area contributed by atoms with Crippen molar-refractivity contribution in [3.05, 3.63) is 18.1 Å². The first-order valence-corrected chi connectivity index (χ1v) is 6.99. The molecule has 1 aromatic heterocycles. The van der Waals surface area contributed by atoms with Crippen molar-refractivity contribution in [2.45, 2.75) is 31.3 Å². The number of aromatic nitrogens is 2. The first-order chi connectivity index (χ1) is 10.1. The zero-order chi connectivity index (χ0) is 14.8. The quantitative estimate of drug-likeness (QED) is 0.732. The number of urea groups is 1. The second-order valence-electron chi connectivity index (χ2n) is 5.39. The van der Waals surface area contributed by atoms with Gasteiger partial charge in [0.2, 0.25) is 0 Å². The summed E-state index contributed by atoms with van der Waals surface area (Å²) in [4.78, 5) is 32.4. The molecule has 1 aromatic rings. The van der Waals surface area contributed by atoms with Crippen LogP contribution in [0.4, 0.5) is 10.6 Å². The van der Waals surface area contributed by atoms with Crippen LogP contribution in [0.5, 0.6) is 0 Å². The standard InChI is InChI=1S/C13H17N5O3/c19-12(20)10-5-15-11(6-14-10)18-4-3-9(7-18)17-13(21)16-8-1-2-8/h5-6,8-9H,1-4,7H2,(H,19,20)(H2,16,17,21). The molecule has 0 radical (unpaired) electrons. The number of carboxylic acids is 1. The number of carbonyl (C=O) groups excluding carboxylic acids is 1. The van der Waals surface area contributed by atoms with Crippen molar-refractivity contribution in [2.75, 3.05) is 18.0 Å². The number of amides is 2. The summed E-state index contributed by atoms with van der Waals surface area (Å²) in [5.74, 6) is -0.460. The normalized spacial score (nSPS) is 21.1. The molecule has 2 heterocycles. The van der Waals surface area contributed by atoms with Crippen LogP contribution in [-0.4, -0.2) is 52.2 Å². The highest BCUT2D eigenvalue weighted by Crippen LogP contribution is 2.19. The number of nitrogens with one attached hydrogen (secondary N) is 2. The lowest BCUT2D eigenvalue weighted by molar-refractivity contribution is 0.0690. The van der Waals surface area contributed by atoms with E-state index in [9.17, 15) is 9.59 Å². The molecule has 1 aliphatic heterocycles. The third kappa shape index (κ3) is 3.39. The van der Waals surface area contributed by atoms with E-state index in [4.69, 9.17) is 5.11 Å². The average Bonchev–Trinajstić information content (AvgIpc) is 3.15. The van der Waals surface area contributed by atoms with Crippen LogP contribution in [-0.2, 0) is 0 Å². The molecular weight excluding hydrogens is 274 g/mol. The first kappa shape index (κ1) is 13.6. The van der Waals surface area contributed by atoms with Gasteiger partial charge >= 0.3 is 12.0 Å². The SMILES string of the molecule is O=C(NC1CC1)NC1CCN(c2cnc(C(=O)O)cn2)C1. The van der Waals surface area contributed by atoms with Crippen LogP contribution in [0.2, 0.25) is 0 Å². The highest BCUT2D eigenvalue weighted by atomic mass is 16.4. The molecule has 1 saturated carbocycles. The Balaban J connectivity index is 1.53. The molecule has 3 rings (SSSR count). The maximum Gasteiger partial charge on any atom is 0.356 e. The van der Waals surface area contributed by atoms with Gasteiger partial charge in [0.15, 0.2) is 5.69 Å². The molecule has 2 fully saturated rings. The van der Waals surface area contributed by atoms with Crippen molar-refractivity contribution in [1.82, 2.24) is 20.6 Å². The summed E-state index contributed by atoms with van der Waals surface area (Å²) in [6, 6.07) is 0.304. The number of hydrogen-bond donors (Lipinski definition) is 3. The van der Waals surface area contributed by atoms with Crippen LogP contribution in [0, 0.1) is 0 Å². The first-order valence-electron chi connectivity index (χ1n) is 6.99. The predicted octanol–water partition coefficient (Wildman–Crippen LogP) is 0.215. The minimum absolute atomic E-state index is 0.0727. The molecule has 8 nitrogen and oxygen atoms in total. The zero-order valence-corrected chi connectivity index (χ0v) is 11.5. The van der Waals surface area contributed by atoms with E-state index in [1.54, 1.807) is 0 Å². The molecule has 21 heavy (non-hydrogen) atoms. The van der Waals surface area contributed by atoms with E-state index in [-0.39, 0.29) is 17.8 Å². The van der Waals surface area contributed by atoms with Gasteiger partial charge in [-0.25, -0.2) is 19.6 Å². The third-order valence-electron chi connectivity index (χ3n) is 3.62. The Kier molecular flexibility index (Phi) is 3.59. The summed E-state index contributed by atoms with van der Waals surface area (Å²) < 4.78 is 0. The van der Waals surface area contributed by atoms with Gasteiger partial charge in [-0.3, -0.25) is 0 Å². The molecule has 1 saturated heterocycles. The molecule has 1 aliphatic carbocycles. The van der Waals surface area contributed by atoms with Crippen molar-refractivity contribution in [3.8, 4) is 0 Å². The summed E-state index contributed by atoms with van der Waals surface area (Å²) in [6.45, 7) is 1.41. The number of hydrogen-bond acceptors (Lipinski definition) is 5. The Morgan fingerprint density at radius 2 is 1.90 bits per heavy atom. The van der Waals surface area contributed by atoms with Crippen LogP contribution >= 0.6 is 0 Å². The Bertz CT molecular complexity index is 543. The Hall–Kier alpha value is -2.38. The maximum absolute atomic E-state index is 11.7. The molecule has 1 unspecified atom stereocenters. The number of carbonyl (C=O) groups is 2. The molecule has 8 heteroatoms. The molecular formula is C13H17N5O3. The van der Waals surface area contributed by atoms with Crippen molar-refractivity contribution in [1.29, 1.82) is 0 Å². The predicted molar refractivity (Wildman–Crippen MR) is 74.3 cm³/mol. The molecule has 2 aliphatic rings. The number of aromatic carboxylic acids is 1. The fourth-order valence-electron chi connectivity index (χ4n) is 2.32. The van der Waals surface area contributed by atoms with Gasteiger partial charge in [0.25, 0.3) is 0 Å². The average molecular weight is 291 g/mol. The van der Waals surface area contributed by atoms with Gasteiger partial charge in [0, 0.05) is 25.2 Å². The van der Waals surface area contributed by atoms with Gasteiger partial charge in [-0.1, -0.05) is 0 Å². The topological polar surface area (TPSA) is 107 Å². The van der Waals surface area contributed by atoms with E-state index in [0.717, 1.165) is 25.8 Å². The molecule has 2 amide bonds. The fourth-order valence-corrected chi connectivity index (χ4v) is 2.32.